The maximum atomic E-state index is 11.6. The minimum absolute atomic E-state index is 0.344. The van der Waals surface area contributed by atoms with Crippen molar-refractivity contribution in [3.63, 3.8) is 0 Å². The van der Waals surface area contributed by atoms with Crippen molar-refractivity contribution in [3.8, 4) is 0 Å². The van der Waals surface area contributed by atoms with Crippen LogP contribution in [0.3, 0.4) is 0 Å². The van der Waals surface area contributed by atoms with Gasteiger partial charge >= 0.3 is 0 Å². The van der Waals surface area contributed by atoms with E-state index < -0.39 is 0 Å². The van der Waals surface area contributed by atoms with Crippen LogP contribution in [0, 0.1) is 11.8 Å². The molecule has 0 spiro atoms. The maximum absolute atomic E-state index is 11.6. The summed E-state index contributed by atoms with van der Waals surface area (Å²) in [6.45, 7) is 5.74. The van der Waals surface area contributed by atoms with Crippen molar-refractivity contribution in [1.82, 2.24) is 0 Å². The predicted octanol–water partition coefficient (Wildman–Crippen LogP) is 3.35. The van der Waals surface area contributed by atoms with E-state index in [1.165, 1.54) is 19.3 Å². The molecule has 74 valence electrons. The van der Waals surface area contributed by atoms with Gasteiger partial charge in [0.1, 0.15) is 5.78 Å². The van der Waals surface area contributed by atoms with Crippen molar-refractivity contribution in [2.75, 3.05) is 0 Å². The van der Waals surface area contributed by atoms with Crippen LogP contribution in [0.15, 0.2) is 12.7 Å². The fraction of sp³-hybridized carbons (Fsp3) is 0.750. The molecule has 1 rings (SSSR count). The van der Waals surface area contributed by atoms with Gasteiger partial charge in [0, 0.05) is 12.3 Å². The Morgan fingerprint density at radius 2 is 2.15 bits per heavy atom. The molecule has 0 bridgehead atoms. The van der Waals surface area contributed by atoms with Crippen LogP contribution >= 0.6 is 0 Å². The lowest BCUT2D eigenvalue weighted by molar-refractivity contribution is -0.125. The highest BCUT2D eigenvalue weighted by Gasteiger charge is 2.28. The third-order valence-corrected chi connectivity index (χ3v) is 3.14. The average molecular weight is 180 g/mol. The number of Topliss-reactive ketones (excluding diaryl/α,β-unsaturated/α-hetero) is 1. The fourth-order valence-electron chi connectivity index (χ4n) is 2.39. The van der Waals surface area contributed by atoms with Gasteiger partial charge in [-0.25, -0.2) is 0 Å². The van der Waals surface area contributed by atoms with E-state index in [2.05, 4.69) is 6.58 Å². The van der Waals surface area contributed by atoms with Crippen molar-refractivity contribution >= 4 is 5.78 Å². The summed E-state index contributed by atoms with van der Waals surface area (Å²) >= 11 is 0. The lowest BCUT2D eigenvalue weighted by Crippen LogP contribution is -2.26. The van der Waals surface area contributed by atoms with Crippen molar-refractivity contribution in [1.29, 1.82) is 0 Å². The first-order valence-electron chi connectivity index (χ1n) is 5.43. The Kier molecular flexibility index (Phi) is 4.20. The first-order chi connectivity index (χ1) is 6.29. The topological polar surface area (TPSA) is 17.1 Å². The van der Waals surface area contributed by atoms with E-state index in [0.29, 0.717) is 24.0 Å². The molecule has 0 heterocycles. The minimum Gasteiger partial charge on any atom is -0.299 e. The summed E-state index contributed by atoms with van der Waals surface area (Å²) in [6, 6.07) is 0. The molecule has 1 saturated carbocycles. The molecule has 0 amide bonds. The standard InChI is InChI=1S/C12H20O/c1-3-7-10-8-5-6-9-11(10)12(13)4-2/h3,10-11H,1,4-9H2,2H3/t10-,11-/m0/s1. The Labute approximate surface area is 81.2 Å². The molecular weight excluding hydrogens is 160 g/mol. The van der Waals surface area contributed by atoms with Gasteiger partial charge in [-0.05, 0) is 25.2 Å². The molecule has 1 nitrogen and oxygen atoms in total. The molecule has 13 heavy (non-hydrogen) atoms. The zero-order valence-electron chi connectivity index (χ0n) is 8.59. The molecule has 0 unspecified atom stereocenters. The average Bonchev–Trinajstić information content (AvgIpc) is 2.18. The van der Waals surface area contributed by atoms with Crippen molar-refractivity contribution in [2.45, 2.75) is 45.4 Å². The number of hydrogen-bond acceptors (Lipinski definition) is 1. The van der Waals surface area contributed by atoms with E-state index in [9.17, 15) is 4.79 Å². The lowest BCUT2D eigenvalue weighted by atomic mass is 9.75. The summed E-state index contributed by atoms with van der Waals surface area (Å²) in [5.41, 5.74) is 0. The summed E-state index contributed by atoms with van der Waals surface area (Å²) in [4.78, 5) is 11.6. The van der Waals surface area contributed by atoms with Crippen LogP contribution in [0.25, 0.3) is 0 Å². The first kappa shape index (κ1) is 10.5. The lowest BCUT2D eigenvalue weighted by Gasteiger charge is -2.29. The Balaban J connectivity index is 2.55. The molecule has 0 N–H and O–H groups in total. The molecule has 0 saturated heterocycles. The zero-order chi connectivity index (χ0) is 9.68. The molecule has 2 atom stereocenters. The number of hydrogen-bond donors (Lipinski definition) is 0. The third kappa shape index (κ3) is 2.68. The van der Waals surface area contributed by atoms with Crippen LogP contribution in [-0.4, -0.2) is 5.78 Å². The molecule has 0 aromatic heterocycles. The van der Waals surface area contributed by atoms with Crippen molar-refractivity contribution in [3.05, 3.63) is 12.7 Å². The molecule has 1 aliphatic rings. The monoisotopic (exact) mass is 180 g/mol. The molecule has 0 aliphatic heterocycles. The van der Waals surface area contributed by atoms with Gasteiger partial charge < -0.3 is 0 Å². The van der Waals surface area contributed by atoms with Crippen molar-refractivity contribution in [2.24, 2.45) is 11.8 Å². The Morgan fingerprint density at radius 1 is 1.46 bits per heavy atom. The SMILES string of the molecule is C=CC[C@H]1CCCC[C@@H]1C(=O)CC. The zero-order valence-corrected chi connectivity index (χ0v) is 8.59. The molecule has 1 fully saturated rings. The smallest absolute Gasteiger partial charge is 0.135 e. The van der Waals surface area contributed by atoms with E-state index in [1.54, 1.807) is 0 Å². The molecule has 1 aliphatic carbocycles. The maximum Gasteiger partial charge on any atom is 0.135 e. The van der Waals surface area contributed by atoms with E-state index in [0.717, 1.165) is 12.8 Å². The van der Waals surface area contributed by atoms with Crippen LogP contribution in [0.2, 0.25) is 0 Å². The summed E-state index contributed by atoms with van der Waals surface area (Å²) in [5.74, 6) is 1.40. The molecule has 1 heteroatoms. The molecule has 0 aromatic carbocycles. The van der Waals surface area contributed by atoms with Gasteiger partial charge in [-0.2, -0.15) is 0 Å². The molecule has 0 aromatic rings. The van der Waals surface area contributed by atoms with Gasteiger partial charge in [0.05, 0.1) is 0 Å². The normalized spacial score (nSPS) is 28.4. The summed E-state index contributed by atoms with van der Waals surface area (Å²) in [5, 5.41) is 0. The highest BCUT2D eigenvalue weighted by atomic mass is 16.1. The van der Waals surface area contributed by atoms with Gasteiger partial charge in [-0.3, -0.25) is 4.79 Å². The predicted molar refractivity (Wildman–Crippen MR) is 55.6 cm³/mol. The number of carbonyl (C=O) groups is 1. The second-order valence-electron chi connectivity index (χ2n) is 4.00. The number of allylic oxidation sites excluding steroid dienone is 1. The van der Waals surface area contributed by atoms with Crippen LogP contribution < -0.4 is 0 Å². The molecular formula is C12H20O. The highest BCUT2D eigenvalue weighted by Crippen LogP contribution is 2.33. The van der Waals surface area contributed by atoms with Gasteiger partial charge in [0.2, 0.25) is 0 Å². The van der Waals surface area contributed by atoms with E-state index in [4.69, 9.17) is 0 Å². The van der Waals surface area contributed by atoms with Crippen LogP contribution in [0.1, 0.15) is 45.4 Å². The van der Waals surface area contributed by atoms with Crippen LogP contribution in [0.4, 0.5) is 0 Å². The summed E-state index contributed by atoms with van der Waals surface area (Å²) in [7, 11) is 0. The second-order valence-corrected chi connectivity index (χ2v) is 4.00. The number of rotatable bonds is 4. The molecule has 0 radical (unpaired) electrons. The van der Waals surface area contributed by atoms with Gasteiger partial charge in [0.15, 0.2) is 0 Å². The Bertz CT molecular complexity index is 184. The van der Waals surface area contributed by atoms with Gasteiger partial charge in [-0.1, -0.05) is 25.8 Å². The quantitative estimate of drug-likeness (QED) is 0.606. The fourth-order valence-corrected chi connectivity index (χ4v) is 2.39. The number of carbonyl (C=O) groups excluding carboxylic acids is 1. The van der Waals surface area contributed by atoms with E-state index in [-0.39, 0.29) is 0 Å². The number of ketones is 1. The van der Waals surface area contributed by atoms with E-state index >= 15 is 0 Å². The summed E-state index contributed by atoms with van der Waals surface area (Å²) < 4.78 is 0. The van der Waals surface area contributed by atoms with Gasteiger partial charge in [-0.15, -0.1) is 6.58 Å². The minimum atomic E-state index is 0.344. The highest BCUT2D eigenvalue weighted by molar-refractivity contribution is 5.81. The largest absolute Gasteiger partial charge is 0.299 e. The third-order valence-electron chi connectivity index (χ3n) is 3.14. The van der Waals surface area contributed by atoms with Crippen molar-refractivity contribution < 1.29 is 4.79 Å². The van der Waals surface area contributed by atoms with Crippen LogP contribution in [-0.2, 0) is 4.79 Å². The summed E-state index contributed by atoms with van der Waals surface area (Å²) in [6.07, 6.45) is 8.57. The second kappa shape index (κ2) is 5.21. The van der Waals surface area contributed by atoms with Crippen LogP contribution in [0.5, 0.6) is 0 Å². The Morgan fingerprint density at radius 3 is 2.77 bits per heavy atom. The van der Waals surface area contributed by atoms with E-state index in [1.807, 2.05) is 13.0 Å². The first-order valence-corrected chi connectivity index (χ1v) is 5.43. The van der Waals surface area contributed by atoms with Gasteiger partial charge in [0.25, 0.3) is 0 Å². The Hall–Kier alpha value is -0.590.